The Morgan fingerprint density at radius 3 is 2.79 bits per heavy atom. The number of rotatable bonds is 5. The maximum atomic E-state index is 9.44. The number of aliphatic imine (C=N–C) groups is 1. The van der Waals surface area contributed by atoms with Crippen molar-refractivity contribution < 1.29 is 14.7 Å². The maximum Gasteiger partial charge on any atom is 0.219 e. The number of pyridine rings is 2. The highest BCUT2D eigenvalue weighted by Crippen LogP contribution is 2.43. The molecule has 0 aliphatic carbocycles. The van der Waals surface area contributed by atoms with Gasteiger partial charge >= 0.3 is 0 Å². The van der Waals surface area contributed by atoms with Crippen molar-refractivity contribution in [2.45, 2.75) is 32.4 Å². The molecule has 0 radical (unpaired) electrons. The molecule has 0 unspecified atom stereocenters. The van der Waals surface area contributed by atoms with E-state index in [-0.39, 0.29) is 5.60 Å². The van der Waals surface area contributed by atoms with Crippen LogP contribution in [-0.2, 0) is 13.0 Å². The largest absolute Gasteiger partial charge is 0.483 e. The number of hydroxylamine groups is 1. The number of hydrogen-bond acceptors (Lipinski definition) is 6. The van der Waals surface area contributed by atoms with Crippen LogP contribution < -0.4 is 15.0 Å². The summed E-state index contributed by atoms with van der Waals surface area (Å²) in [6, 6.07) is 15.0. The van der Waals surface area contributed by atoms with Gasteiger partial charge in [0.25, 0.3) is 0 Å². The number of fused-ring (bicyclic) bond motifs is 1. The van der Waals surface area contributed by atoms with Gasteiger partial charge < -0.3 is 9.47 Å². The topological polar surface area (TPSA) is 88.9 Å². The zero-order valence-corrected chi connectivity index (χ0v) is 16.3. The van der Waals surface area contributed by atoms with E-state index in [1.807, 2.05) is 36.4 Å². The van der Waals surface area contributed by atoms with Gasteiger partial charge in [-0.05, 0) is 38.1 Å². The van der Waals surface area contributed by atoms with Gasteiger partial charge in [0.2, 0.25) is 5.88 Å². The van der Waals surface area contributed by atoms with Crippen LogP contribution >= 0.6 is 0 Å². The van der Waals surface area contributed by atoms with Gasteiger partial charge in [-0.3, -0.25) is 20.7 Å². The third kappa shape index (κ3) is 4.35. The lowest BCUT2D eigenvalue weighted by Crippen LogP contribution is -2.24. The molecule has 148 valence electrons. The molecule has 2 N–H and O–H groups in total. The van der Waals surface area contributed by atoms with E-state index < -0.39 is 0 Å². The highest BCUT2D eigenvalue weighted by atomic mass is 16.5. The minimum atomic E-state index is -0.245. The molecule has 3 aromatic rings. The molecule has 2 aromatic heterocycles. The van der Waals surface area contributed by atoms with Crippen LogP contribution in [0, 0.1) is 0 Å². The molecule has 1 aromatic carbocycles. The van der Waals surface area contributed by atoms with E-state index in [0.717, 1.165) is 23.4 Å². The molecule has 4 rings (SSSR count). The Morgan fingerprint density at radius 1 is 1.17 bits per heavy atom. The van der Waals surface area contributed by atoms with Crippen LogP contribution in [0.2, 0.25) is 0 Å². The fourth-order valence-corrected chi connectivity index (χ4v) is 3.20. The lowest BCUT2D eigenvalue weighted by Gasteiger charge is -2.18. The van der Waals surface area contributed by atoms with E-state index in [2.05, 4.69) is 34.3 Å². The molecular formula is C22H22N4O3. The smallest absolute Gasteiger partial charge is 0.219 e. The molecule has 29 heavy (non-hydrogen) atoms. The maximum absolute atomic E-state index is 9.44. The van der Waals surface area contributed by atoms with Gasteiger partial charge in [-0.1, -0.05) is 18.2 Å². The van der Waals surface area contributed by atoms with Crippen LogP contribution in [0.15, 0.2) is 65.9 Å². The van der Waals surface area contributed by atoms with Gasteiger partial charge in [-0.15, -0.1) is 0 Å². The molecule has 1 aliphatic heterocycles. The molecule has 7 heteroatoms. The Hall–Kier alpha value is -3.45. The number of nitrogens with one attached hydrogen (secondary N) is 1. The van der Waals surface area contributed by atoms with E-state index in [4.69, 9.17) is 9.47 Å². The average molecular weight is 390 g/mol. The number of para-hydroxylation sites is 1. The predicted octanol–water partition coefficient (Wildman–Crippen LogP) is 3.91. The minimum Gasteiger partial charge on any atom is -0.483 e. The lowest BCUT2D eigenvalue weighted by molar-refractivity contribution is 0.135. The van der Waals surface area contributed by atoms with Crippen LogP contribution in [0.4, 0.5) is 0 Å². The van der Waals surface area contributed by atoms with Crippen molar-refractivity contribution >= 4 is 5.84 Å². The summed E-state index contributed by atoms with van der Waals surface area (Å²) in [5, 5.41) is 9.44. The molecule has 0 bridgehead atoms. The Kier molecular flexibility index (Phi) is 5.14. The summed E-state index contributed by atoms with van der Waals surface area (Å²) in [5.74, 6) is 2.13. The standard InChI is InChI=1S/C22H22N4O3/c1-22(2)12-15-6-5-8-18(20(15)29-22)28-19-10-9-16(13-24-19)21(26-27)25-14-17-7-3-4-11-23-17/h3-11,13,27H,12,14H2,1-2H3,(H,25,26). The van der Waals surface area contributed by atoms with Crippen molar-refractivity contribution in [3.63, 3.8) is 0 Å². The molecule has 0 saturated carbocycles. The molecule has 0 saturated heterocycles. The van der Waals surface area contributed by atoms with Crippen molar-refractivity contribution in [2.75, 3.05) is 0 Å². The first-order chi connectivity index (χ1) is 14.0. The van der Waals surface area contributed by atoms with E-state index in [0.29, 0.717) is 29.6 Å². The zero-order chi connectivity index (χ0) is 20.3. The zero-order valence-electron chi connectivity index (χ0n) is 16.3. The highest BCUT2D eigenvalue weighted by Gasteiger charge is 2.32. The Bertz CT molecular complexity index is 1020. The third-order valence-electron chi connectivity index (χ3n) is 4.51. The summed E-state index contributed by atoms with van der Waals surface area (Å²) in [4.78, 5) is 12.9. The lowest BCUT2D eigenvalue weighted by atomic mass is 10.0. The molecule has 0 fully saturated rings. The molecule has 3 heterocycles. The average Bonchev–Trinajstić information content (AvgIpc) is 3.05. The number of benzene rings is 1. The Balaban J connectivity index is 1.49. The second kappa shape index (κ2) is 7.89. The van der Waals surface area contributed by atoms with Crippen LogP contribution in [0.1, 0.15) is 30.7 Å². The van der Waals surface area contributed by atoms with Crippen LogP contribution in [0.3, 0.4) is 0 Å². The van der Waals surface area contributed by atoms with Crippen molar-refractivity contribution in [3.05, 3.63) is 77.7 Å². The first-order valence-corrected chi connectivity index (χ1v) is 9.34. The van der Waals surface area contributed by atoms with Crippen molar-refractivity contribution in [1.82, 2.24) is 15.4 Å². The fourth-order valence-electron chi connectivity index (χ4n) is 3.20. The quantitative estimate of drug-likeness (QED) is 0.390. The van der Waals surface area contributed by atoms with Crippen molar-refractivity contribution in [3.8, 4) is 17.4 Å². The summed E-state index contributed by atoms with van der Waals surface area (Å²) < 4.78 is 12.0. The van der Waals surface area contributed by atoms with Gasteiger partial charge in [0, 0.05) is 36.0 Å². The molecular weight excluding hydrogens is 368 g/mol. The predicted molar refractivity (Wildman–Crippen MR) is 109 cm³/mol. The number of nitrogens with zero attached hydrogens (tertiary/aromatic N) is 3. The summed E-state index contributed by atoms with van der Waals surface area (Å²) in [6.45, 7) is 4.44. The number of amidine groups is 1. The monoisotopic (exact) mass is 390 g/mol. The Morgan fingerprint density at radius 2 is 2.07 bits per heavy atom. The summed E-state index contributed by atoms with van der Waals surface area (Å²) in [7, 11) is 0. The van der Waals surface area contributed by atoms with Crippen LogP contribution in [0.25, 0.3) is 0 Å². The SMILES string of the molecule is CC1(C)Cc2cccc(Oc3ccc(C(=NCc4ccccn4)NO)cn3)c2O1. The first-order valence-electron chi connectivity index (χ1n) is 9.34. The molecule has 0 spiro atoms. The molecule has 0 atom stereocenters. The summed E-state index contributed by atoms with van der Waals surface area (Å²) in [6.07, 6.45) is 4.13. The Labute approximate surface area is 169 Å². The first kappa shape index (κ1) is 18.9. The van der Waals surface area contributed by atoms with E-state index >= 15 is 0 Å². The van der Waals surface area contributed by atoms with E-state index in [1.54, 1.807) is 24.5 Å². The molecule has 1 aliphatic rings. The normalized spacial score (nSPS) is 14.8. The summed E-state index contributed by atoms with van der Waals surface area (Å²) >= 11 is 0. The number of hydrogen-bond donors (Lipinski definition) is 2. The van der Waals surface area contributed by atoms with E-state index in [1.165, 1.54) is 0 Å². The molecule has 0 amide bonds. The summed E-state index contributed by atoms with van der Waals surface area (Å²) in [5.41, 5.74) is 4.43. The van der Waals surface area contributed by atoms with Gasteiger partial charge in [-0.25, -0.2) is 4.98 Å². The van der Waals surface area contributed by atoms with Crippen LogP contribution in [0.5, 0.6) is 17.4 Å². The molecule has 7 nitrogen and oxygen atoms in total. The van der Waals surface area contributed by atoms with Gasteiger partial charge in [0.05, 0.1) is 12.2 Å². The van der Waals surface area contributed by atoms with Crippen LogP contribution in [-0.4, -0.2) is 26.6 Å². The van der Waals surface area contributed by atoms with Gasteiger partial charge in [-0.2, -0.15) is 0 Å². The highest BCUT2D eigenvalue weighted by molar-refractivity contribution is 5.97. The van der Waals surface area contributed by atoms with Crippen molar-refractivity contribution in [2.24, 2.45) is 4.99 Å². The van der Waals surface area contributed by atoms with Gasteiger partial charge in [0.15, 0.2) is 17.3 Å². The van der Waals surface area contributed by atoms with Crippen molar-refractivity contribution in [1.29, 1.82) is 0 Å². The van der Waals surface area contributed by atoms with Gasteiger partial charge in [0.1, 0.15) is 5.60 Å². The second-order valence-electron chi connectivity index (χ2n) is 7.37. The number of ether oxygens (including phenoxy) is 2. The number of aromatic nitrogens is 2. The van der Waals surface area contributed by atoms with E-state index in [9.17, 15) is 5.21 Å². The fraction of sp³-hybridized carbons (Fsp3) is 0.227. The second-order valence-corrected chi connectivity index (χ2v) is 7.37. The third-order valence-corrected chi connectivity index (χ3v) is 4.51. The minimum absolute atomic E-state index is 0.245.